The van der Waals surface area contributed by atoms with Gasteiger partial charge in [0.2, 0.25) is 0 Å². The number of pyridine rings is 2. The van der Waals surface area contributed by atoms with Crippen LogP contribution in [0.2, 0.25) is 5.02 Å². The van der Waals surface area contributed by atoms with Crippen molar-refractivity contribution in [3.8, 4) is 0 Å². The molecule has 0 radical (unpaired) electrons. The van der Waals surface area contributed by atoms with E-state index < -0.39 is 0 Å². The number of nitrogens with zero attached hydrogens (tertiary/aromatic N) is 4. The average molecular weight is 446 g/mol. The van der Waals surface area contributed by atoms with E-state index in [9.17, 15) is 0 Å². The summed E-state index contributed by atoms with van der Waals surface area (Å²) in [5.41, 5.74) is 4.21. The Labute approximate surface area is 191 Å². The second-order valence-electron chi connectivity index (χ2n) is 7.40. The zero-order valence-electron chi connectivity index (χ0n) is 16.6. The summed E-state index contributed by atoms with van der Waals surface area (Å²) in [6.45, 7) is 0.725. The molecule has 5 nitrogen and oxygen atoms in total. The number of hydrogen-bond acceptors (Lipinski definition) is 3. The van der Waals surface area contributed by atoms with Crippen molar-refractivity contribution in [2.24, 2.45) is 0 Å². The smallest absolute Gasteiger partial charge is 0.174 e. The molecule has 1 saturated heterocycles. The molecular weight excluding hydrogens is 426 g/mol. The minimum Gasteiger partial charge on any atom is -0.351 e. The quantitative estimate of drug-likeness (QED) is 0.430. The highest BCUT2D eigenvalue weighted by molar-refractivity contribution is 7.80. The van der Waals surface area contributed by atoms with E-state index in [1.165, 1.54) is 0 Å². The van der Waals surface area contributed by atoms with E-state index in [2.05, 4.69) is 49.1 Å². The Morgan fingerprint density at radius 1 is 0.968 bits per heavy atom. The van der Waals surface area contributed by atoms with Crippen LogP contribution in [0, 0.1) is 0 Å². The highest BCUT2D eigenvalue weighted by Crippen LogP contribution is 2.41. The summed E-state index contributed by atoms with van der Waals surface area (Å²) in [5.74, 6) is 0. The van der Waals surface area contributed by atoms with Crippen LogP contribution in [0.5, 0.6) is 0 Å². The lowest BCUT2D eigenvalue weighted by molar-refractivity contribution is 0.533. The molecule has 31 heavy (non-hydrogen) atoms. The topological polar surface area (TPSA) is 46.0 Å². The molecular formula is C24H20ClN5S. The average Bonchev–Trinajstić information content (AvgIpc) is 3.39. The fourth-order valence-electron chi connectivity index (χ4n) is 4.06. The maximum Gasteiger partial charge on any atom is 0.174 e. The molecule has 4 aromatic rings. The van der Waals surface area contributed by atoms with Crippen molar-refractivity contribution in [3.05, 3.63) is 113 Å². The van der Waals surface area contributed by atoms with Crippen LogP contribution in [0.3, 0.4) is 0 Å². The molecule has 1 aliphatic rings. The molecule has 1 aliphatic heterocycles. The van der Waals surface area contributed by atoms with E-state index >= 15 is 0 Å². The number of halogens is 1. The molecule has 0 bridgehead atoms. The fourth-order valence-corrected chi connectivity index (χ4v) is 4.54. The van der Waals surface area contributed by atoms with Gasteiger partial charge in [-0.25, -0.2) is 0 Å². The molecule has 5 rings (SSSR count). The van der Waals surface area contributed by atoms with E-state index in [1.54, 1.807) is 6.20 Å². The summed E-state index contributed by atoms with van der Waals surface area (Å²) < 4.78 is 2.25. The predicted octanol–water partition coefficient (Wildman–Crippen LogP) is 5.16. The van der Waals surface area contributed by atoms with Gasteiger partial charge in [0.25, 0.3) is 0 Å². The minimum absolute atomic E-state index is 0.0738. The lowest BCUT2D eigenvalue weighted by atomic mass is 10.0. The number of aromatic nitrogens is 3. The van der Waals surface area contributed by atoms with Crippen molar-refractivity contribution < 1.29 is 0 Å². The van der Waals surface area contributed by atoms with Gasteiger partial charge in [-0.15, -0.1) is 0 Å². The Balaban J connectivity index is 1.60. The third kappa shape index (κ3) is 3.92. The SMILES string of the molecule is S=C1N[C@@H](c2ccccn2)[C@H](c2cccn2Cc2cccnc2)N1c1ccc(Cl)cc1. The molecule has 1 N–H and O–H groups in total. The molecule has 1 fully saturated rings. The van der Waals surface area contributed by atoms with Crippen LogP contribution in [0.1, 0.15) is 29.0 Å². The monoisotopic (exact) mass is 445 g/mol. The van der Waals surface area contributed by atoms with Gasteiger partial charge in [-0.2, -0.15) is 0 Å². The maximum atomic E-state index is 6.14. The maximum absolute atomic E-state index is 6.14. The van der Waals surface area contributed by atoms with Gasteiger partial charge in [0, 0.05) is 47.7 Å². The van der Waals surface area contributed by atoms with Crippen LogP contribution >= 0.6 is 23.8 Å². The van der Waals surface area contributed by atoms with Crippen LogP contribution in [0.15, 0.2) is 91.5 Å². The first-order chi connectivity index (χ1) is 15.2. The molecule has 0 unspecified atom stereocenters. The van der Waals surface area contributed by atoms with Gasteiger partial charge in [-0.05, 0) is 72.4 Å². The van der Waals surface area contributed by atoms with Crippen LogP contribution in [0.25, 0.3) is 0 Å². The number of anilines is 1. The Hall–Kier alpha value is -3.22. The van der Waals surface area contributed by atoms with Gasteiger partial charge in [0.15, 0.2) is 5.11 Å². The summed E-state index contributed by atoms with van der Waals surface area (Å²) >= 11 is 11.9. The summed E-state index contributed by atoms with van der Waals surface area (Å²) in [7, 11) is 0. The zero-order valence-corrected chi connectivity index (χ0v) is 18.2. The highest BCUT2D eigenvalue weighted by Gasteiger charge is 2.41. The summed E-state index contributed by atoms with van der Waals surface area (Å²) in [6, 6.07) is 21.8. The third-order valence-electron chi connectivity index (χ3n) is 5.45. The minimum atomic E-state index is -0.0908. The summed E-state index contributed by atoms with van der Waals surface area (Å²) in [6.07, 6.45) is 7.60. The van der Waals surface area contributed by atoms with Crippen LogP contribution < -0.4 is 10.2 Å². The molecule has 0 saturated carbocycles. The standard InChI is InChI=1S/C24H20ClN5S/c25-18-8-10-19(11-9-18)30-23(22(28-24(30)31)20-6-1-2-13-27-20)21-7-4-14-29(21)16-17-5-3-12-26-15-17/h1-15,22-23H,16H2,(H,28,31)/t22-,23-/m0/s1. The molecule has 154 valence electrons. The number of benzene rings is 1. The van der Waals surface area contributed by atoms with E-state index in [0.29, 0.717) is 10.1 Å². The van der Waals surface area contributed by atoms with Crippen LogP contribution in [-0.2, 0) is 6.54 Å². The number of hydrogen-bond donors (Lipinski definition) is 1. The lowest BCUT2D eigenvalue weighted by Gasteiger charge is -2.29. The van der Waals surface area contributed by atoms with Crippen molar-refractivity contribution in [2.45, 2.75) is 18.6 Å². The molecule has 4 heterocycles. The van der Waals surface area contributed by atoms with Crippen molar-refractivity contribution in [3.63, 3.8) is 0 Å². The van der Waals surface area contributed by atoms with E-state index in [4.69, 9.17) is 23.8 Å². The summed E-state index contributed by atoms with van der Waals surface area (Å²) in [5, 5.41) is 4.86. The lowest BCUT2D eigenvalue weighted by Crippen LogP contribution is -2.30. The molecule has 0 aliphatic carbocycles. The van der Waals surface area contributed by atoms with Crippen molar-refractivity contribution >= 4 is 34.6 Å². The summed E-state index contributed by atoms with van der Waals surface area (Å²) in [4.78, 5) is 11.0. The van der Waals surface area contributed by atoms with Crippen molar-refractivity contribution in [1.82, 2.24) is 19.9 Å². The Morgan fingerprint density at radius 3 is 2.58 bits per heavy atom. The molecule has 0 spiro atoms. The van der Waals surface area contributed by atoms with Gasteiger partial charge in [-0.3, -0.25) is 9.97 Å². The zero-order chi connectivity index (χ0) is 21.2. The molecule has 2 atom stereocenters. The van der Waals surface area contributed by atoms with E-state index in [0.717, 1.165) is 29.2 Å². The first-order valence-corrected chi connectivity index (χ1v) is 10.8. The first-order valence-electron chi connectivity index (χ1n) is 10.0. The first kappa shape index (κ1) is 19.7. The Bertz CT molecular complexity index is 1180. The largest absolute Gasteiger partial charge is 0.351 e. The van der Waals surface area contributed by atoms with E-state index in [1.807, 2.05) is 60.9 Å². The van der Waals surface area contributed by atoms with Gasteiger partial charge < -0.3 is 14.8 Å². The molecule has 0 amide bonds. The second kappa shape index (κ2) is 8.49. The fraction of sp³-hybridized carbons (Fsp3) is 0.125. The molecule has 7 heteroatoms. The highest BCUT2D eigenvalue weighted by atomic mass is 35.5. The number of thiocarbonyl (C=S) groups is 1. The Kier molecular flexibility index (Phi) is 5.40. The third-order valence-corrected chi connectivity index (χ3v) is 6.01. The second-order valence-corrected chi connectivity index (χ2v) is 8.22. The van der Waals surface area contributed by atoms with Gasteiger partial charge in [-0.1, -0.05) is 23.7 Å². The van der Waals surface area contributed by atoms with E-state index in [-0.39, 0.29) is 12.1 Å². The molecule has 3 aromatic heterocycles. The van der Waals surface area contributed by atoms with Gasteiger partial charge in [0.05, 0.1) is 11.7 Å². The predicted molar refractivity (Wildman–Crippen MR) is 127 cm³/mol. The van der Waals surface area contributed by atoms with Gasteiger partial charge in [0.1, 0.15) is 6.04 Å². The van der Waals surface area contributed by atoms with Crippen molar-refractivity contribution in [1.29, 1.82) is 0 Å². The van der Waals surface area contributed by atoms with Crippen LogP contribution in [-0.4, -0.2) is 19.6 Å². The van der Waals surface area contributed by atoms with Crippen LogP contribution in [0.4, 0.5) is 5.69 Å². The Morgan fingerprint density at radius 2 is 1.84 bits per heavy atom. The normalized spacial score (nSPS) is 18.2. The molecule has 1 aromatic carbocycles. The number of nitrogens with one attached hydrogen (secondary N) is 1. The number of rotatable bonds is 5. The van der Waals surface area contributed by atoms with Crippen molar-refractivity contribution in [2.75, 3.05) is 4.90 Å². The van der Waals surface area contributed by atoms with Gasteiger partial charge >= 0.3 is 0 Å².